The highest BCUT2D eigenvalue weighted by atomic mass is 32.1. The van der Waals surface area contributed by atoms with Crippen LogP contribution in [0.25, 0.3) is 21.3 Å². The summed E-state index contributed by atoms with van der Waals surface area (Å²) in [5.41, 5.74) is 2.89. The van der Waals surface area contributed by atoms with Crippen LogP contribution in [0.1, 0.15) is 21.7 Å². The summed E-state index contributed by atoms with van der Waals surface area (Å²) in [4.78, 5) is 18.8. The van der Waals surface area contributed by atoms with Crippen LogP contribution in [0.3, 0.4) is 0 Å². The van der Waals surface area contributed by atoms with Crippen LogP contribution in [0, 0.1) is 5.82 Å². The van der Waals surface area contributed by atoms with Gasteiger partial charge < -0.3 is 0 Å². The third-order valence-electron chi connectivity index (χ3n) is 4.07. The van der Waals surface area contributed by atoms with Crippen molar-refractivity contribution in [3.05, 3.63) is 75.7 Å². The minimum absolute atomic E-state index is 0.105. The van der Waals surface area contributed by atoms with E-state index in [9.17, 15) is 9.18 Å². The second-order valence-corrected chi connectivity index (χ2v) is 7.50. The van der Waals surface area contributed by atoms with Crippen molar-refractivity contribution >= 4 is 38.7 Å². The smallest absolute Gasteiger partial charge is 0.173 e. The lowest BCUT2D eigenvalue weighted by Gasteiger charge is -2.05. The van der Waals surface area contributed by atoms with Gasteiger partial charge in [-0.3, -0.25) is 4.79 Å². The lowest BCUT2D eigenvalue weighted by molar-refractivity contribution is 0.0987. The number of thiophene rings is 2. The third-order valence-corrected chi connectivity index (χ3v) is 5.96. The lowest BCUT2D eigenvalue weighted by Crippen LogP contribution is -2.00. The molecular weight excluding hydrogens is 353 g/mol. The van der Waals surface area contributed by atoms with Crippen molar-refractivity contribution in [2.24, 2.45) is 0 Å². The van der Waals surface area contributed by atoms with Crippen molar-refractivity contribution in [1.29, 1.82) is 0 Å². The maximum Gasteiger partial charge on any atom is 0.173 e. The fourth-order valence-electron chi connectivity index (χ4n) is 2.84. The van der Waals surface area contributed by atoms with Crippen LogP contribution < -0.4 is 0 Å². The number of hydrogen-bond acceptors (Lipinski definition) is 4. The van der Waals surface area contributed by atoms with Crippen molar-refractivity contribution in [3.63, 3.8) is 0 Å². The molecule has 0 saturated heterocycles. The molecular formula is C20H14FNOS2. The molecule has 0 N–H and O–H groups in total. The molecule has 0 spiro atoms. The Hall–Kier alpha value is -2.37. The first-order valence-electron chi connectivity index (χ1n) is 7.90. The van der Waals surface area contributed by atoms with E-state index >= 15 is 0 Å². The maximum absolute atomic E-state index is 13.3. The third kappa shape index (κ3) is 3.25. The Morgan fingerprint density at radius 2 is 1.96 bits per heavy atom. The molecule has 5 heteroatoms. The number of benzene rings is 1. The van der Waals surface area contributed by atoms with Gasteiger partial charge in [-0.2, -0.15) is 11.3 Å². The number of carbonyl (C=O) groups is 1. The second kappa shape index (κ2) is 6.86. The van der Waals surface area contributed by atoms with Crippen molar-refractivity contribution in [3.8, 4) is 11.1 Å². The molecule has 0 unspecified atom stereocenters. The Morgan fingerprint density at radius 1 is 1.12 bits per heavy atom. The van der Waals surface area contributed by atoms with Crippen molar-refractivity contribution < 1.29 is 9.18 Å². The summed E-state index contributed by atoms with van der Waals surface area (Å²) in [5, 5.41) is 5.03. The van der Waals surface area contributed by atoms with Gasteiger partial charge in [-0.05, 0) is 58.6 Å². The van der Waals surface area contributed by atoms with Crippen LogP contribution in [0.5, 0.6) is 0 Å². The highest BCUT2D eigenvalue weighted by Crippen LogP contribution is 2.38. The summed E-state index contributed by atoms with van der Waals surface area (Å²) in [6, 6.07) is 12.2. The summed E-state index contributed by atoms with van der Waals surface area (Å²) in [5.74, 6) is -0.180. The molecule has 0 radical (unpaired) electrons. The van der Waals surface area contributed by atoms with Gasteiger partial charge in [0.1, 0.15) is 10.6 Å². The largest absolute Gasteiger partial charge is 0.293 e. The molecule has 1 aromatic carbocycles. The van der Waals surface area contributed by atoms with E-state index in [1.54, 1.807) is 29.7 Å². The van der Waals surface area contributed by atoms with Gasteiger partial charge in [0, 0.05) is 23.6 Å². The van der Waals surface area contributed by atoms with E-state index in [1.807, 2.05) is 23.6 Å². The highest BCUT2D eigenvalue weighted by molar-refractivity contribution is 7.21. The SMILES string of the molecule is O=C(CCc1ccsc1)c1sc2ncccc2c1-c1ccc(F)cc1. The zero-order valence-corrected chi connectivity index (χ0v) is 14.9. The van der Waals surface area contributed by atoms with E-state index in [0.717, 1.165) is 27.8 Å². The molecule has 2 nitrogen and oxygen atoms in total. The lowest BCUT2D eigenvalue weighted by atomic mass is 9.99. The zero-order chi connectivity index (χ0) is 17.2. The number of carbonyl (C=O) groups excluding carboxylic acids is 1. The standard InChI is InChI=1S/C20H14FNOS2/c21-15-6-4-14(5-7-15)18-16-2-1-10-22-20(16)25-19(18)17(23)8-3-13-9-11-24-12-13/h1-2,4-7,9-12H,3,8H2. The monoisotopic (exact) mass is 367 g/mol. The van der Waals surface area contributed by atoms with Crippen molar-refractivity contribution in [2.75, 3.05) is 0 Å². The zero-order valence-electron chi connectivity index (χ0n) is 13.2. The number of Topliss-reactive ketones (excluding diaryl/α,β-unsaturated/α-hetero) is 1. The average Bonchev–Trinajstić information content (AvgIpc) is 3.28. The highest BCUT2D eigenvalue weighted by Gasteiger charge is 2.20. The maximum atomic E-state index is 13.3. The molecule has 0 aliphatic carbocycles. The van der Waals surface area contributed by atoms with E-state index in [4.69, 9.17) is 0 Å². The fourth-order valence-corrected chi connectivity index (χ4v) is 4.67. The summed E-state index contributed by atoms with van der Waals surface area (Å²) in [6.45, 7) is 0. The molecule has 0 amide bonds. The Labute approximate surface area is 152 Å². The van der Waals surface area contributed by atoms with Gasteiger partial charge in [0.15, 0.2) is 5.78 Å². The second-order valence-electron chi connectivity index (χ2n) is 5.72. The number of aromatic nitrogens is 1. The minimum atomic E-state index is -0.285. The average molecular weight is 367 g/mol. The van der Waals surface area contributed by atoms with E-state index < -0.39 is 0 Å². The van der Waals surface area contributed by atoms with Crippen molar-refractivity contribution in [2.45, 2.75) is 12.8 Å². The number of aryl methyl sites for hydroxylation is 1. The molecule has 25 heavy (non-hydrogen) atoms. The summed E-state index contributed by atoms with van der Waals surface area (Å²) < 4.78 is 13.3. The quantitative estimate of drug-likeness (QED) is 0.406. The first-order valence-corrected chi connectivity index (χ1v) is 9.66. The van der Waals surface area contributed by atoms with Gasteiger partial charge >= 0.3 is 0 Å². The molecule has 0 atom stereocenters. The number of pyridine rings is 1. The molecule has 0 aliphatic heterocycles. The summed E-state index contributed by atoms with van der Waals surface area (Å²) in [6.07, 6.45) is 2.91. The normalized spacial score (nSPS) is 11.1. The van der Waals surface area contributed by atoms with Crippen LogP contribution in [0.2, 0.25) is 0 Å². The van der Waals surface area contributed by atoms with Crippen LogP contribution in [-0.2, 0) is 6.42 Å². The number of hydrogen-bond donors (Lipinski definition) is 0. The molecule has 3 heterocycles. The number of rotatable bonds is 5. The van der Waals surface area contributed by atoms with E-state index in [-0.39, 0.29) is 11.6 Å². The Balaban J connectivity index is 1.75. The van der Waals surface area contributed by atoms with Gasteiger partial charge in [-0.15, -0.1) is 11.3 Å². The topological polar surface area (TPSA) is 30.0 Å². The van der Waals surface area contributed by atoms with E-state index in [1.165, 1.54) is 29.0 Å². The van der Waals surface area contributed by atoms with Crippen LogP contribution in [0.4, 0.5) is 4.39 Å². The Bertz CT molecular complexity index is 1020. The predicted octanol–water partition coefficient (Wildman–Crippen LogP) is 5.98. The number of nitrogens with zero attached hydrogens (tertiary/aromatic N) is 1. The molecule has 124 valence electrons. The molecule has 0 aliphatic rings. The van der Waals surface area contributed by atoms with Gasteiger partial charge in [0.25, 0.3) is 0 Å². The number of fused-ring (bicyclic) bond motifs is 1. The van der Waals surface area contributed by atoms with Gasteiger partial charge in [0.2, 0.25) is 0 Å². The van der Waals surface area contributed by atoms with E-state index in [0.29, 0.717) is 11.3 Å². The Morgan fingerprint density at radius 3 is 2.72 bits per heavy atom. The first kappa shape index (κ1) is 16.1. The minimum Gasteiger partial charge on any atom is -0.293 e. The van der Waals surface area contributed by atoms with Gasteiger partial charge in [-0.25, -0.2) is 9.37 Å². The van der Waals surface area contributed by atoms with Crippen LogP contribution in [-0.4, -0.2) is 10.8 Å². The molecule has 0 bridgehead atoms. The Kier molecular flexibility index (Phi) is 4.42. The summed E-state index contributed by atoms with van der Waals surface area (Å²) in [7, 11) is 0. The van der Waals surface area contributed by atoms with Crippen molar-refractivity contribution in [1.82, 2.24) is 4.98 Å². The molecule has 4 aromatic rings. The molecule has 0 fully saturated rings. The van der Waals surface area contributed by atoms with Gasteiger partial charge in [0.05, 0.1) is 4.88 Å². The van der Waals surface area contributed by atoms with Crippen LogP contribution >= 0.6 is 22.7 Å². The molecule has 3 aromatic heterocycles. The summed E-state index contributed by atoms with van der Waals surface area (Å²) >= 11 is 3.05. The number of ketones is 1. The predicted molar refractivity (Wildman–Crippen MR) is 102 cm³/mol. The number of halogens is 1. The fraction of sp³-hybridized carbons (Fsp3) is 0.100. The molecule has 0 saturated carbocycles. The van der Waals surface area contributed by atoms with Gasteiger partial charge in [-0.1, -0.05) is 12.1 Å². The van der Waals surface area contributed by atoms with E-state index in [2.05, 4.69) is 10.4 Å². The first-order chi connectivity index (χ1) is 12.2. The van der Waals surface area contributed by atoms with Crippen LogP contribution in [0.15, 0.2) is 59.4 Å². The molecule has 4 rings (SSSR count).